The van der Waals surface area contributed by atoms with E-state index in [0.717, 1.165) is 32.5 Å². The minimum absolute atomic E-state index is 0.0524. The first kappa shape index (κ1) is 28.9. The highest BCUT2D eigenvalue weighted by Crippen LogP contribution is 2.36. The molecule has 4 rings (SSSR count). The van der Waals surface area contributed by atoms with Crippen molar-refractivity contribution in [3.05, 3.63) is 48.6 Å². The molecular formula is C21H22F6N2O7. The van der Waals surface area contributed by atoms with Crippen LogP contribution in [0.3, 0.4) is 0 Å². The van der Waals surface area contributed by atoms with Crippen LogP contribution < -0.4 is 4.74 Å². The number of aromatic nitrogens is 1. The number of carbonyl (C=O) groups is 2. The Morgan fingerprint density at radius 1 is 1.11 bits per heavy atom. The van der Waals surface area contributed by atoms with Gasteiger partial charge in [-0.05, 0) is 18.6 Å². The van der Waals surface area contributed by atoms with Crippen molar-refractivity contribution in [1.82, 2.24) is 9.88 Å². The molecule has 0 amide bonds. The van der Waals surface area contributed by atoms with E-state index in [-0.39, 0.29) is 11.7 Å². The van der Waals surface area contributed by atoms with Crippen molar-refractivity contribution in [2.75, 3.05) is 19.7 Å². The number of pyridine rings is 1. The zero-order valence-corrected chi connectivity index (χ0v) is 18.5. The van der Waals surface area contributed by atoms with Gasteiger partial charge in [0.25, 0.3) is 0 Å². The van der Waals surface area contributed by atoms with Gasteiger partial charge in [0.1, 0.15) is 6.10 Å². The lowest BCUT2D eigenvalue weighted by molar-refractivity contribution is -0.193. The average molecular weight is 528 g/mol. The number of alkyl halides is 6. The standard InChI is InChI=1S/C17H20N2O3.2C2HF3O2/c1-2-6-18-16(3-1)22-15-9-17(21-12-15)5-7-19(13-17)10-14-4-8-20-11-14;2*3-2(4,5)1(6)7/h1-4,6,8,11,15H,5,7,9-10,12-13H2;2*(H,6,7)/t15-,17+;;/m1../s1. The van der Waals surface area contributed by atoms with Crippen LogP contribution in [-0.2, 0) is 20.9 Å². The molecule has 2 saturated heterocycles. The molecule has 2 aliphatic rings. The van der Waals surface area contributed by atoms with Crippen LogP contribution in [0.15, 0.2) is 47.4 Å². The molecule has 200 valence electrons. The van der Waals surface area contributed by atoms with Crippen molar-refractivity contribution < 1.29 is 60.0 Å². The summed E-state index contributed by atoms with van der Waals surface area (Å²) in [6.07, 6.45) is -2.78. The molecule has 36 heavy (non-hydrogen) atoms. The molecule has 15 heteroatoms. The third-order valence-electron chi connectivity index (χ3n) is 4.97. The predicted molar refractivity (Wildman–Crippen MR) is 108 cm³/mol. The van der Waals surface area contributed by atoms with Gasteiger partial charge >= 0.3 is 24.3 Å². The van der Waals surface area contributed by atoms with Crippen LogP contribution >= 0.6 is 0 Å². The van der Waals surface area contributed by atoms with Crippen molar-refractivity contribution in [3.63, 3.8) is 0 Å². The van der Waals surface area contributed by atoms with Crippen LogP contribution in [0, 0.1) is 0 Å². The van der Waals surface area contributed by atoms with Gasteiger partial charge in [-0.2, -0.15) is 26.3 Å². The molecule has 0 aromatic carbocycles. The highest BCUT2D eigenvalue weighted by atomic mass is 19.4. The van der Waals surface area contributed by atoms with E-state index >= 15 is 0 Å². The Morgan fingerprint density at radius 3 is 2.25 bits per heavy atom. The summed E-state index contributed by atoms with van der Waals surface area (Å²) in [5, 5.41) is 14.2. The van der Waals surface area contributed by atoms with E-state index < -0.39 is 24.3 Å². The number of likely N-dealkylation sites (tertiary alicyclic amines) is 1. The largest absolute Gasteiger partial charge is 0.490 e. The number of nitrogens with zero attached hydrogens (tertiary/aromatic N) is 2. The molecular weight excluding hydrogens is 506 g/mol. The Bertz CT molecular complexity index is 945. The zero-order valence-electron chi connectivity index (χ0n) is 18.5. The first-order valence-electron chi connectivity index (χ1n) is 10.3. The van der Waals surface area contributed by atoms with E-state index in [2.05, 4.69) is 9.88 Å². The molecule has 2 aromatic heterocycles. The normalized spacial score (nSPS) is 21.8. The van der Waals surface area contributed by atoms with E-state index in [1.807, 2.05) is 30.5 Å². The van der Waals surface area contributed by atoms with Gasteiger partial charge in [0.15, 0.2) is 0 Å². The van der Waals surface area contributed by atoms with E-state index in [1.54, 1.807) is 12.5 Å². The fourth-order valence-corrected chi connectivity index (χ4v) is 3.45. The minimum Gasteiger partial charge on any atom is -0.475 e. The summed E-state index contributed by atoms with van der Waals surface area (Å²) in [6, 6.07) is 7.75. The van der Waals surface area contributed by atoms with Gasteiger partial charge in [0, 0.05) is 43.9 Å². The first-order chi connectivity index (χ1) is 16.7. The number of aliphatic carboxylic acids is 2. The first-order valence-corrected chi connectivity index (χ1v) is 10.3. The molecule has 4 heterocycles. The number of rotatable bonds is 4. The summed E-state index contributed by atoms with van der Waals surface area (Å²) in [7, 11) is 0. The van der Waals surface area contributed by atoms with Gasteiger partial charge in [0.2, 0.25) is 5.88 Å². The molecule has 2 atom stereocenters. The Balaban J connectivity index is 0.000000271. The van der Waals surface area contributed by atoms with Crippen LogP contribution in [-0.4, -0.2) is 75.8 Å². The summed E-state index contributed by atoms with van der Waals surface area (Å²) in [5.41, 5.74) is 1.17. The molecule has 0 bridgehead atoms. The maximum atomic E-state index is 10.6. The summed E-state index contributed by atoms with van der Waals surface area (Å²) in [5.74, 6) is -4.83. The smallest absolute Gasteiger partial charge is 0.475 e. The Kier molecular flexibility index (Phi) is 9.69. The fraction of sp³-hybridized carbons (Fsp3) is 0.476. The lowest BCUT2D eigenvalue weighted by Crippen LogP contribution is -2.33. The average Bonchev–Trinajstić information content (AvgIpc) is 3.52. The van der Waals surface area contributed by atoms with Crippen molar-refractivity contribution in [1.29, 1.82) is 0 Å². The van der Waals surface area contributed by atoms with Gasteiger partial charge < -0.3 is 24.1 Å². The van der Waals surface area contributed by atoms with E-state index in [4.69, 9.17) is 33.7 Å². The molecule has 9 nitrogen and oxygen atoms in total. The second-order valence-electron chi connectivity index (χ2n) is 7.80. The van der Waals surface area contributed by atoms with E-state index in [1.165, 1.54) is 5.56 Å². The lowest BCUT2D eigenvalue weighted by atomic mass is 9.98. The predicted octanol–water partition coefficient (Wildman–Crippen LogP) is 3.75. The number of hydrogen-bond acceptors (Lipinski definition) is 7. The van der Waals surface area contributed by atoms with Crippen LogP contribution in [0.2, 0.25) is 0 Å². The molecule has 0 saturated carbocycles. The summed E-state index contributed by atoms with van der Waals surface area (Å²) in [4.78, 5) is 24.4. The van der Waals surface area contributed by atoms with E-state index in [0.29, 0.717) is 12.5 Å². The molecule has 0 aliphatic carbocycles. The number of ether oxygens (including phenoxy) is 2. The Labute approximate surface area is 200 Å². The molecule has 2 aromatic rings. The van der Waals surface area contributed by atoms with Crippen LogP contribution in [0.25, 0.3) is 0 Å². The second-order valence-corrected chi connectivity index (χ2v) is 7.80. The van der Waals surface area contributed by atoms with Gasteiger partial charge in [-0.3, -0.25) is 4.90 Å². The number of hydrogen-bond donors (Lipinski definition) is 2. The van der Waals surface area contributed by atoms with Crippen LogP contribution in [0.5, 0.6) is 5.88 Å². The van der Waals surface area contributed by atoms with Crippen LogP contribution in [0.4, 0.5) is 26.3 Å². The third-order valence-corrected chi connectivity index (χ3v) is 4.97. The van der Waals surface area contributed by atoms with Gasteiger partial charge in [0.05, 0.1) is 24.7 Å². The Morgan fingerprint density at radius 2 is 1.75 bits per heavy atom. The zero-order chi connectivity index (χ0) is 27.0. The summed E-state index contributed by atoms with van der Waals surface area (Å²) in [6.45, 7) is 3.59. The quantitative estimate of drug-likeness (QED) is 0.572. The number of halogens is 6. The summed E-state index contributed by atoms with van der Waals surface area (Å²) >= 11 is 0. The summed E-state index contributed by atoms with van der Waals surface area (Å²) < 4.78 is 80.7. The molecule has 2 fully saturated rings. The molecule has 1 spiro atoms. The highest BCUT2D eigenvalue weighted by molar-refractivity contribution is 5.73. The molecule has 0 radical (unpaired) electrons. The number of carboxylic acid groups (broad SMARTS) is 2. The van der Waals surface area contributed by atoms with Crippen molar-refractivity contribution in [2.24, 2.45) is 0 Å². The monoisotopic (exact) mass is 528 g/mol. The minimum atomic E-state index is -5.08. The number of furan rings is 1. The van der Waals surface area contributed by atoms with Crippen molar-refractivity contribution in [3.8, 4) is 5.88 Å². The third kappa shape index (κ3) is 9.37. The lowest BCUT2D eigenvalue weighted by Gasteiger charge is -2.23. The van der Waals surface area contributed by atoms with Gasteiger partial charge in [-0.15, -0.1) is 0 Å². The van der Waals surface area contributed by atoms with Crippen molar-refractivity contribution >= 4 is 11.9 Å². The second kappa shape index (κ2) is 12.1. The number of carboxylic acids is 2. The highest BCUT2D eigenvalue weighted by Gasteiger charge is 2.46. The van der Waals surface area contributed by atoms with Crippen LogP contribution in [0.1, 0.15) is 18.4 Å². The fourth-order valence-electron chi connectivity index (χ4n) is 3.45. The maximum Gasteiger partial charge on any atom is 0.490 e. The molecule has 2 N–H and O–H groups in total. The van der Waals surface area contributed by atoms with E-state index in [9.17, 15) is 26.3 Å². The van der Waals surface area contributed by atoms with Gasteiger partial charge in [-0.25, -0.2) is 14.6 Å². The maximum absolute atomic E-state index is 10.6. The molecule has 0 unspecified atom stereocenters. The van der Waals surface area contributed by atoms with Gasteiger partial charge in [-0.1, -0.05) is 6.07 Å². The Hall–Kier alpha value is -3.33. The topological polar surface area (TPSA) is 122 Å². The van der Waals surface area contributed by atoms with Crippen molar-refractivity contribution in [2.45, 2.75) is 43.4 Å². The molecule has 2 aliphatic heterocycles. The SMILES string of the molecule is O=C(O)C(F)(F)F.O=C(O)C(F)(F)F.c1ccc(O[C@H]2CO[C@@]3(CCN(Cc4ccoc4)C3)C2)nc1.